The molecule has 0 heterocycles. The van der Waals surface area contributed by atoms with Crippen LogP contribution in [0.4, 0.5) is 0 Å². The first-order valence-electron chi connectivity index (χ1n) is 9.48. The van der Waals surface area contributed by atoms with E-state index in [2.05, 4.69) is 5.32 Å². The third kappa shape index (κ3) is 6.46. The highest BCUT2D eigenvalue weighted by atomic mass is 32.2. The molecule has 0 aliphatic heterocycles. The second-order valence-electron chi connectivity index (χ2n) is 7.28. The number of ether oxygens (including phenoxy) is 1. The summed E-state index contributed by atoms with van der Waals surface area (Å²) in [6, 6.07) is 10.9. The van der Waals surface area contributed by atoms with E-state index in [0.29, 0.717) is 16.0 Å². The average Bonchev–Trinajstić information content (AvgIpc) is 2.63. The van der Waals surface area contributed by atoms with E-state index in [9.17, 15) is 14.4 Å². The highest BCUT2D eigenvalue weighted by molar-refractivity contribution is 8.00. The fourth-order valence-corrected chi connectivity index (χ4v) is 4.02. The van der Waals surface area contributed by atoms with Gasteiger partial charge in [-0.15, -0.1) is 11.8 Å². The van der Waals surface area contributed by atoms with Gasteiger partial charge in [-0.25, -0.2) is 4.79 Å². The standard InChI is InChI=1S/C23H27NO4S/c1-14(2)24-21(26)13-29-20-9-7-6-8-18(20)23(27)28-12-19(25)22-16(4)10-15(3)11-17(22)5/h6-11,14H,12-13H2,1-5H3,(H,24,26). The van der Waals surface area contributed by atoms with E-state index >= 15 is 0 Å². The number of hydrogen-bond acceptors (Lipinski definition) is 5. The van der Waals surface area contributed by atoms with Crippen LogP contribution in [0.5, 0.6) is 0 Å². The molecule has 5 nitrogen and oxygen atoms in total. The molecule has 0 aromatic heterocycles. The average molecular weight is 414 g/mol. The van der Waals surface area contributed by atoms with Gasteiger partial charge < -0.3 is 10.1 Å². The van der Waals surface area contributed by atoms with Crippen molar-refractivity contribution in [3.05, 3.63) is 64.2 Å². The molecule has 0 unspecified atom stereocenters. The molecule has 0 atom stereocenters. The van der Waals surface area contributed by atoms with Gasteiger partial charge in [0, 0.05) is 16.5 Å². The van der Waals surface area contributed by atoms with Gasteiger partial charge in [0.2, 0.25) is 11.7 Å². The van der Waals surface area contributed by atoms with Gasteiger partial charge in [0.15, 0.2) is 6.61 Å². The minimum absolute atomic E-state index is 0.0583. The summed E-state index contributed by atoms with van der Waals surface area (Å²) in [7, 11) is 0. The van der Waals surface area contributed by atoms with E-state index < -0.39 is 5.97 Å². The molecule has 0 aliphatic carbocycles. The fraction of sp³-hybridized carbons (Fsp3) is 0.348. The van der Waals surface area contributed by atoms with Crippen LogP contribution in [0.15, 0.2) is 41.3 Å². The first kappa shape index (κ1) is 22.7. The van der Waals surface area contributed by atoms with Crippen molar-refractivity contribution in [2.45, 2.75) is 45.6 Å². The Morgan fingerprint density at radius 3 is 2.28 bits per heavy atom. The number of aryl methyl sites for hydroxylation is 3. The Bertz CT molecular complexity index is 898. The number of ketones is 1. The van der Waals surface area contributed by atoms with Crippen molar-refractivity contribution < 1.29 is 19.1 Å². The molecule has 0 fully saturated rings. The number of carbonyl (C=O) groups excluding carboxylic acids is 3. The molecule has 6 heteroatoms. The monoisotopic (exact) mass is 413 g/mol. The largest absolute Gasteiger partial charge is 0.454 e. The van der Waals surface area contributed by atoms with Crippen LogP contribution < -0.4 is 5.32 Å². The summed E-state index contributed by atoms with van der Waals surface area (Å²) in [6.07, 6.45) is 0. The highest BCUT2D eigenvalue weighted by Crippen LogP contribution is 2.24. The molecular weight excluding hydrogens is 386 g/mol. The van der Waals surface area contributed by atoms with Crippen molar-refractivity contribution in [2.75, 3.05) is 12.4 Å². The third-order valence-corrected chi connectivity index (χ3v) is 5.28. The van der Waals surface area contributed by atoms with Gasteiger partial charge in [-0.05, 0) is 57.9 Å². The normalized spacial score (nSPS) is 10.7. The highest BCUT2D eigenvalue weighted by Gasteiger charge is 2.18. The maximum atomic E-state index is 12.6. The van der Waals surface area contributed by atoms with Crippen LogP contribution in [0.3, 0.4) is 0 Å². The number of carbonyl (C=O) groups is 3. The molecule has 0 radical (unpaired) electrons. The van der Waals surface area contributed by atoms with Crippen molar-refractivity contribution in [3.63, 3.8) is 0 Å². The lowest BCUT2D eigenvalue weighted by molar-refractivity contribution is -0.119. The number of Topliss-reactive ketones (excluding diaryl/α,β-unsaturated/α-hetero) is 1. The van der Waals surface area contributed by atoms with E-state index in [0.717, 1.165) is 16.7 Å². The number of rotatable bonds is 8. The second kappa shape index (κ2) is 10.3. The zero-order valence-corrected chi connectivity index (χ0v) is 18.3. The summed E-state index contributed by atoms with van der Waals surface area (Å²) < 4.78 is 5.29. The van der Waals surface area contributed by atoms with E-state index in [4.69, 9.17) is 4.74 Å². The van der Waals surface area contributed by atoms with E-state index in [1.54, 1.807) is 24.3 Å². The van der Waals surface area contributed by atoms with Crippen LogP contribution in [0.1, 0.15) is 51.3 Å². The summed E-state index contributed by atoms with van der Waals surface area (Å²) in [5, 5.41) is 2.81. The SMILES string of the molecule is Cc1cc(C)c(C(=O)COC(=O)c2ccccc2SCC(=O)NC(C)C)c(C)c1. The molecule has 1 amide bonds. The number of nitrogens with one attached hydrogen (secondary N) is 1. The van der Waals surface area contributed by atoms with Crippen LogP contribution in [0.25, 0.3) is 0 Å². The van der Waals surface area contributed by atoms with Crippen molar-refractivity contribution in [3.8, 4) is 0 Å². The molecule has 2 aromatic rings. The zero-order chi connectivity index (χ0) is 21.6. The van der Waals surface area contributed by atoms with Gasteiger partial charge >= 0.3 is 5.97 Å². The van der Waals surface area contributed by atoms with Crippen LogP contribution in [-0.2, 0) is 9.53 Å². The smallest absolute Gasteiger partial charge is 0.339 e. The molecule has 0 saturated carbocycles. The molecule has 1 N–H and O–H groups in total. The third-order valence-electron chi connectivity index (χ3n) is 4.21. The van der Waals surface area contributed by atoms with Gasteiger partial charge in [-0.1, -0.05) is 29.8 Å². The van der Waals surface area contributed by atoms with Gasteiger partial charge in [-0.2, -0.15) is 0 Å². The molecular formula is C23H27NO4S. The number of hydrogen-bond donors (Lipinski definition) is 1. The predicted octanol–water partition coefficient (Wildman–Crippen LogP) is 4.27. The summed E-state index contributed by atoms with van der Waals surface area (Å²) in [4.78, 5) is 37.7. The lowest BCUT2D eigenvalue weighted by atomic mass is 9.97. The quantitative estimate of drug-likeness (QED) is 0.398. The molecule has 0 saturated heterocycles. The lowest BCUT2D eigenvalue weighted by Gasteiger charge is -2.12. The van der Waals surface area contributed by atoms with E-state index in [1.165, 1.54) is 11.8 Å². The Labute approximate surface area is 176 Å². The Morgan fingerprint density at radius 2 is 1.66 bits per heavy atom. The van der Waals surface area contributed by atoms with E-state index in [-0.39, 0.29) is 30.1 Å². The van der Waals surface area contributed by atoms with Gasteiger partial charge in [-0.3, -0.25) is 9.59 Å². The maximum Gasteiger partial charge on any atom is 0.339 e. The molecule has 0 aliphatic rings. The number of amides is 1. The van der Waals surface area contributed by atoms with Crippen LogP contribution in [-0.4, -0.2) is 36.1 Å². The molecule has 0 bridgehead atoms. The molecule has 2 aromatic carbocycles. The van der Waals surface area contributed by atoms with Crippen LogP contribution in [0.2, 0.25) is 0 Å². The molecule has 29 heavy (non-hydrogen) atoms. The first-order chi connectivity index (χ1) is 13.7. The summed E-state index contributed by atoms with van der Waals surface area (Å²) in [6.45, 7) is 9.19. The summed E-state index contributed by atoms with van der Waals surface area (Å²) in [5.74, 6) is -0.708. The van der Waals surface area contributed by atoms with Crippen molar-refractivity contribution in [1.82, 2.24) is 5.32 Å². The Balaban J connectivity index is 2.04. The second-order valence-corrected chi connectivity index (χ2v) is 8.30. The Kier molecular flexibility index (Phi) is 8.02. The first-order valence-corrected chi connectivity index (χ1v) is 10.5. The summed E-state index contributed by atoms with van der Waals surface area (Å²) in [5.41, 5.74) is 3.77. The maximum absolute atomic E-state index is 12.6. The number of benzene rings is 2. The van der Waals surface area contributed by atoms with Gasteiger partial charge in [0.05, 0.1) is 11.3 Å². The van der Waals surface area contributed by atoms with Crippen LogP contribution >= 0.6 is 11.8 Å². The van der Waals surface area contributed by atoms with Crippen molar-refractivity contribution in [2.24, 2.45) is 0 Å². The molecule has 2 rings (SSSR count). The van der Waals surface area contributed by atoms with Crippen molar-refractivity contribution >= 4 is 29.4 Å². The number of esters is 1. The Morgan fingerprint density at radius 1 is 1.03 bits per heavy atom. The topological polar surface area (TPSA) is 72.5 Å². The fourth-order valence-electron chi connectivity index (χ4n) is 3.17. The van der Waals surface area contributed by atoms with Gasteiger partial charge in [0.1, 0.15) is 0 Å². The Hall–Kier alpha value is -2.60. The number of thioether (sulfide) groups is 1. The minimum Gasteiger partial charge on any atom is -0.454 e. The van der Waals surface area contributed by atoms with Crippen molar-refractivity contribution in [1.29, 1.82) is 0 Å². The van der Waals surface area contributed by atoms with E-state index in [1.807, 2.05) is 46.8 Å². The predicted molar refractivity (Wildman–Crippen MR) is 116 cm³/mol. The summed E-state index contributed by atoms with van der Waals surface area (Å²) >= 11 is 1.26. The van der Waals surface area contributed by atoms with Gasteiger partial charge in [0.25, 0.3) is 0 Å². The van der Waals surface area contributed by atoms with Crippen LogP contribution in [0, 0.1) is 20.8 Å². The molecule has 154 valence electrons. The zero-order valence-electron chi connectivity index (χ0n) is 17.5. The minimum atomic E-state index is -0.576. The molecule has 0 spiro atoms. The lowest BCUT2D eigenvalue weighted by Crippen LogP contribution is -2.31.